The summed E-state index contributed by atoms with van der Waals surface area (Å²) in [6.07, 6.45) is -1.05. The lowest BCUT2D eigenvalue weighted by Crippen LogP contribution is -2.15. The van der Waals surface area contributed by atoms with E-state index in [9.17, 15) is 24.6 Å². The van der Waals surface area contributed by atoms with Crippen molar-refractivity contribution in [1.82, 2.24) is 0 Å². The summed E-state index contributed by atoms with van der Waals surface area (Å²) in [5.74, 6) is 0.0568. The summed E-state index contributed by atoms with van der Waals surface area (Å²) in [7, 11) is -10.3. The second-order valence-corrected chi connectivity index (χ2v) is 8.21. The molecular weight excluding hydrogens is 470 g/mol. The zero-order chi connectivity index (χ0) is 23.2. The number of hydrogen-bond acceptors (Lipinski definition) is 8. The summed E-state index contributed by atoms with van der Waals surface area (Å²) in [5, 5.41) is 0. The summed E-state index contributed by atoms with van der Waals surface area (Å²) in [5.41, 5.74) is 0.893. The molecule has 0 spiro atoms. The summed E-state index contributed by atoms with van der Waals surface area (Å²) in [6.45, 7) is -0.538. The third-order valence-electron chi connectivity index (χ3n) is 3.82. The Hall–Kier alpha value is -3.22. The van der Waals surface area contributed by atoms with Crippen molar-refractivity contribution in [2.45, 2.75) is 12.9 Å². The minimum absolute atomic E-state index is 0.114. The van der Waals surface area contributed by atoms with E-state index in [4.69, 9.17) is 9.47 Å². The van der Waals surface area contributed by atoms with Crippen LogP contribution in [0.15, 0.2) is 78.9 Å². The van der Waals surface area contributed by atoms with Crippen molar-refractivity contribution < 1.29 is 42.4 Å². The Labute approximate surface area is 183 Å². The first kappa shape index (κ1) is 23.4. The lowest BCUT2D eigenvalue weighted by molar-refractivity contribution is 0.00364. The lowest BCUT2D eigenvalue weighted by Gasteiger charge is -2.21. The SMILES string of the molecule is O=S(=O)(F)OCc1cccc(OC(Oc2cccc(OS(=O)(=O)F)c2)c2ccccc2)c1. The monoisotopic (exact) mass is 486 g/mol. The van der Waals surface area contributed by atoms with Crippen LogP contribution in [0.1, 0.15) is 17.4 Å². The van der Waals surface area contributed by atoms with Gasteiger partial charge >= 0.3 is 21.0 Å². The van der Waals surface area contributed by atoms with Gasteiger partial charge in [-0.05, 0) is 29.8 Å². The molecule has 3 rings (SSSR count). The van der Waals surface area contributed by atoms with Crippen molar-refractivity contribution in [3.8, 4) is 17.2 Å². The van der Waals surface area contributed by atoms with Gasteiger partial charge in [-0.2, -0.15) is 16.8 Å². The van der Waals surface area contributed by atoms with Gasteiger partial charge in [0.2, 0.25) is 0 Å². The first-order valence-electron chi connectivity index (χ1n) is 8.88. The van der Waals surface area contributed by atoms with Crippen LogP contribution in [0.25, 0.3) is 0 Å². The molecule has 32 heavy (non-hydrogen) atoms. The van der Waals surface area contributed by atoms with E-state index in [0.717, 1.165) is 6.07 Å². The highest BCUT2D eigenvalue weighted by Crippen LogP contribution is 2.29. The highest BCUT2D eigenvalue weighted by atomic mass is 32.3. The van der Waals surface area contributed by atoms with Crippen molar-refractivity contribution >= 4 is 21.0 Å². The molecule has 0 N–H and O–H groups in total. The summed E-state index contributed by atoms with van der Waals surface area (Å²) in [4.78, 5) is 0. The number of ether oxygens (including phenoxy) is 2. The van der Waals surface area contributed by atoms with E-state index in [0.29, 0.717) is 11.1 Å². The van der Waals surface area contributed by atoms with Gasteiger partial charge in [0.15, 0.2) is 0 Å². The van der Waals surface area contributed by atoms with Crippen LogP contribution in [-0.4, -0.2) is 16.8 Å². The molecule has 1 atom stereocenters. The predicted octanol–water partition coefficient (Wildman–Crippen LogP) is 4.17. The molecule has 0 bridgehead atoms. The van der Waals surface area contributed by atoms with Crippen molar-refractivity contribution in [3.63, 3.8) is 0 Å². The maximum atomic E-state index is 12.8. The molecule has 0 aliphatic rings. The van der Waals surface area contributed by atoms with E-state index >= 15 is 0 Å². The van der Waals surface area contributed by atoms with Crippen LogP contribution in [0.5, 0.6) is 17.2 Å². The maximum absolute atomic E-state index is 12.8. The second kappa shape index (κ2) is 9.94. The molecule has 0 saturated heterocycles. The van der Waals surface area contributed by atoms with E-state index < -0.39 is 33.9 Å². The Morgan fingerprint density at radius 1 is 0.688 bits per heavy atom. The highest BCUT2D eigenvalue weighted by molar-refractivity contribution is 7.81. The van der Waals surface area contributed by atoms with Gasteiger partial charge in [0.1, 0.15) is 17.2 Å². The van der Waals surface area contributed by atoms with E-state index in [2.05, 4.69) is 8.37 Å². The summed E-state index contributed by atoms with van der Waals surface area (Å²) >= 11 is 0. The minimum Gasteiger partial charge on any atom is -0.451 e. The maximum Gasteiger partial charge on any atom is 0.488 e. The molecule has 3 aromatic rings. The Kier molecular flexibility index (Phi) is 7.28. The smallest absolute Gasteiger partial charge is 0.451 e. The van der Waals surface area contributed by atoms with Crippen LogP contribution >= 0.6 is 0 Å². The molecule has 0 fully saturated rings. The standard InChI is InChI=1S/C20H16F2O8S2/c21-31(23,24)27-14-15-6-4-9-17(12-15)28-20(16-7-2-1-3-8-16)29-18-10-5-11-19(13-18)30-32(22,25)26/h1-13,20H,14H2. The molecule has 3 aromatic carbocycles. The molecular formula is C20H16F2O8S2. The molecule has 1 unspecified atom stereocenters. The van der Waals surface area contributed by atoms with Crippen molar-refractivity contribution in [1.29, 1.82) is 0 Å². The quantitative estimate of drug-likeness (QED) is 0.311. The normalized spacial score (nSPS) is 12.7. The van der Waals surface area contributed by atoms with Crippen molar-refractivity contribution in [2.75, 3.05) is 0 Å². The molecule has 0 aliphatic carbocycles. The first-order valence-corrected chi connectivity index (χ1v) is 11.5. The van der Waals surface area contributed by atoms with Gasteiger partial charge in [-0.3, -0.25) is 0 Å². The summed E-state index contributed by atoms with van der Waals surface area (Å²) < 4.78 is 88.0. The minimum atomic E-state index is -5.21. The Morgan fingerprint density at radius 2 is 1.28 bits per heavy atom. The van der Waals surface area contributed by atoms with Crippen LogP contribution in [0.2, 0.25) is 0 Å². The Morgan fingerprint density at radius 3 is 1.91 bits per heavy atom. The van der Waals surface area contributed by atoms with Gasteiger partial charge in [0.05, 0.1) is 6.61 Å². The van der Waals surface area contributed by atoms with E-state index in [1.807, 2.05) is 0 Å². The molecule has 0 radical (unpaired) electrons. The van der Waals surface area contributed by atoms with Gasteiger partial charge in [0, 0.05) is 11.6 Å². The first-order chi connectivity index (χ1) is 15.1. The number of benzene rings is 3. The molecule has 8 nitrogen and oxygen atoms in total. The van der Waals surface area contributed by atoms with E-state index in [1.165, 1.54) is 30.3 Å². The number of halogens is 2. The van der Waals surface area contributed by atoms with Gasteiger partial charge in [-0.1, -0.05) is 56.3 Å². The zero-order valence-corrected chi connectivity index (χ0v) is 17.8. The largest absolute Gasteiger partial charge is 0.488 e. The van der Waals surface area contributed by atoms with Gasteiger partial charge < -0.3 is 13.7 Å². The fraction of sp³-hybridized carbons (Fsp3) is 0.100. The fourth-order valence-corrected chi connectivity index (χ4v) is 3.19. The van der Waals surface area contributed by atoms with Crippen LogP contribution in [0, 0.1) is 0 Å². The third-order valence-corrected chi connectivity index (χ3v) is 4.61. The Balaban J connectivity index is 1.83. The van der Waals surface area contributed by atoms with Crippen molar-refractivity contribution in [3.05, 3.63) is 90.0 Å². The van der Waals surface area contributed by atoms with Crippen molar-refractivity contribution in [2.24, 2.45) is 0 Å². The van der Waals surface area contributed by atoms with Gasteiger partial charge in [-0.15, -0.1) is 0 Å². The van der Waals surface area contributed by atoms with E-state index in [1.54, 1.807) is 42.5 Å². The van der Waals surface area contributed by atoms with Crippen LogP contribution in [0.4, 0.5) is 7.77 Å². The molecule has 170 valence electrons. The molecule has 0 saturated carbocycles. The van der Waals surface area contributed by atoms with Gasteiger partial charge in [0.25, 0.3) is 6.29 Å². The van der Waals surface area contributed by atoms with Crippen LogP contribution in [-0.2, 0) is 31.8 Å². The second-order valence-electron chi connectivity index (χ2n) is 6.23. The van der Waals surface area contributed by atoms with Crippen LogP contribution < -0.4 is 13.7 Å². The zero-order valence-electron chi connectivity index (χ0n) is 16.1. The molecule has 0 heterocycles. The lowest BCUT2D eigenvalue weighted by atomic mass is 10.2. The third kappa shape index (κ3) is 7.80. The molecule has 12 heteroatoms. The Bertz CT molecular complexity index is 1270. The number of rotatable bonds is 10. The molecule has 0 amide bonds. The summed E-state index contributed by atoms with van der Waals surface area (Å²) in [6, 6.07) is 20.0. The fourth-order valence-electron chi connectivity index (χ4n) is 2.58. The average molecular weight is 486 g/mol. The predicted molar refractivity (Wildman–Crippen MR) is 109 cm³/mol. The van der Waals surface area contributed by atoms with Crippen LogP contribution in [0.3, 0.4) is 0 Å². The number of hydrogen-bond donors (Lipinski definition) is 0. The average Bonchev–Trinajstić information content (AvgIpc) is 2.71. The molecule has 0 aromatic heterocycles. The van der Waals surface area contributed by atoms with Gasteiger partial charge in [-0.25, -0.2) is 4.18 Å². The van der Waals surface area contributed by atoms with E-state index in [-0.39, 0.29) is 17.2 Å². The highest BCUT2D eigenvalue weighted by Gasteiger charge is 2.17. The molecule has 0 aliphatic heterocycles. The topological polar surface area (TPSA) is 105 Å².